The van der Waals surface area contributed by atoms with E-state index >= 15 is 0 Å². The van der Waals surface area contributed by atoms with Crippen molar-refractivity contribution in [1.29, 1.82) is 0 Å². The van der Waals surface area contributed by atoms with Gasteiger partial charge < -0.3 is 13.0 Å². The quantitative estimate of drug-likeness (QED) is 0.102. The highest BCUT2D eigenvalue weighted by Crippen LogP contribution is 2.44. The summed E-state index contributed by atoms with van der Waals surface area (Å²) < 4.78 is 21.4. The molecule has 0 fully saturated rings. The van der Waals surface area contributed by atoms with Crippen LogP contribution in [0.15, 0.2) is 109 Å². The largest absolute Gasteiger partial charge is 0.520 e. The Morgan fingerprint density at radius 2 is 0.689 bits per heavy atom. The minimum Gasteiger partial charge on any atom is -0.520 e. The van der Waals surface area contributed by atoms with Gasteiger partial charge in [-0.25, -0.2) is 0 Å². The molecule has 5 nitrogen and oxygen atoms in total. The smallest absolute Gasteiger partial charge is 0.396 e. The molecule has 0 aromatic heterocycles. The lowest BCUT2D eigenvalue weighted by molar-refractivity contribution is 0.103. The van der Waals surface area contributed by atoms with Gasteiger partial charge in [0.2, 0.25) is 0 Å². The molecule has 0 N–H and O–H groups in total. The fourth-order valence-electron chi connectivity index (χ4n) is 5.80. The minimum atomic E-state index is -2.99. The third-order valence-electron chi connectivity index (χ3n) is 8.40. The fourth-order valence-corrected chi connectivity index (χ4v) is 16.5. The van der Waals surface area contributed by atoms with Crippen molar-refractivity contribution in [3.8, 4) is 11.5 Å². The molecule has 0 bridgehead atoms. The molecule has 7 heteroatoms. The van der Waals surface area contributed by atoms with Crippen LogP contribution in [0.4, 0.5) is 0 Å². The molecule has 0 saturated heterocycles. The highest BCUT2D eigenvalue weighted by atomic mass is 28.5. The van der Waals surface area contributed by atoms with Crippen molar-refractivity contribution in [3.63, 3.8) is 0 Å². The lowest BCUT2D eigenvalue weighted by Gasteiger charge is -2.47. The second-order valence-electron chi connectivity index (χ2n) is 12.8. The van der Waals surface area contributed by atoms with Gasteiger partial charge in [0, 0.05) is 44.4 Å². The number of benzene rings is 4. The zero-order chi connectivity index (χ0) is 32.8. The number of carbonyl (C=O) groups excluding carboxylic acids is 2. The summed E-state index contributed by atoms with van der Waals surface area (Å²) >= 11 is 0. The molecule has 0 spiro atoms. The molecule has 0 atom stereocenters. The van der Waals surface area contributed by atoms with Crippen LogP contribution in [-0.4, -0.2) is 28.7 Å². The van der Waals surface area contributed by atoms with E-state index in [4.69, 9.17) is 13.0 Å². The molecule has 4 rings (SSSR count). The van der Waals surface area contributed by atoms with Crippen molar-refractivity contribution >= 4 is 28.7 Å². The Balaban J connectivity index is 1.64. The van der Waals surface area contributed by atoms with Gasteiger partial charge in [0.1, 0.15) is 11.5 Å². The van der Waals surface area contributed by atoms with Crippen LogP contribution in [-0.2, 0) is 4.12 Å². The zero-order valence-electron chi connectivity index (χ0n) is 27.7. The minimum absolute atomic E-state index is 0.0226. The number of rotatable bonds is 14. The first kappa shape index (κ1) is 34.1. The van der Waals surface area contributed by atoms with Gasteiger partial charge in [-0.2, -0.15) is 0 Å². The van der Waals surface area contributed by atoms with Gasteiger partial charge in [-0.3, -0.25) is 9.59 Å². The Bertz CT molecular complexity index is 1410. The third-order valence-corrected chi connectivity index (χ3v) is 18.5. The third kappa shape index (κ3) is 7.55. The molecule has 0 saturated carbocycles. The fraction of sp³-hybridized carbons (Fsp3) is 0.316. The zero-order valence-corrected chi connectivity index (χ0v) is 29.7. The van der Waals surface area contributed by atoms with Gasteiger partial charge in [-0.05, 0) is 48.5 Å². The second-order valence-corrected chi connectivity index (χ2v) is 21.5. The Morgan fingerprint density at radius 1 is 0.422 bits per heavy atom. The summed E-state index contributed by atoms with van der Waals surface area (Å²) in [6, 6.07) is 33.4. The molecule has 45 heavy (non-hydrogen) atoms. The van der Waals surface area contributed by atoms with E-state index in [9.17, 15) is 9.59 Å². The molecule has 4 aromatic carbocycles. The molecule has 4 aromatic rings. The van der Waals surface area contributed by atoms with E-state index < -0.39 is 17.1 Å². The first-order valence-corrected chi connectivity index (χ1v) is 19.8. The number of hydrogen-bond acceptors (Lipinski definition) is 5. The predicted octanol–water partition coefficient (Wildman–Crippen LogP) is 10.1. The van der Waals surface area contributed by atoms with Gasteiger partial charge in [-0.15, -0.1) is 0 Å². The first-order chi connectivity index (χ1) is 21.4. The Kier molecular flexibility index (Phi) is 11.0. The van der Waals surface area contributed by atoms with E-state index in [0.29, 0.717) is 33.8 Å². The van der Waals surface area contributed by atoms with Crippen molar-refractivity contribution in [3.05, 3.63) is 131 Å². The van der Waals surface area contributed by atoms with Gasteiger partial charge >= 0.3 is 17.1 Å². The van der Waals surface area contributed by atoms with Gasteiger partial charge in [-0.1, -0.05) is 116 Å². The standard InChI is InChI=1S/C38H46O5Si2/c1-27(2)44(28(3)4,41-35-23-19-33(20-24-35)37(39)31-15-11-9-12-16-31)43-45(29(5)6,30(7)8)42-36-25-21-34(22-26-36)38(40)32-17-13-10-14-18-32/h9-30H,1-8H3. The van der Waals surface area contributed by atoms with E-state index in [1.807, 2.05) is 109 Å². The van der Waals surface area contributed by atoms with Gasteiger partial charge in [0.05, 0.1) is 0 Å². The van der Waals surface area contributed by atoms with Crippen molar-refractivity contribution in [2.45, 2.75) is 77.6 Å². The molecule has 0 unspecified atom stereocenters. The van der Waals surface area contributed by atoms with Crippen LogP contribution in [0.3, 0.4) is 0 Å². The predicted molar refractivity (Wildman–Crippen MR) is 187 cm³/mol. The van der Waals surface area contributed by atoms with Gasteiger partial charge in [0.25, 0.3) is 0 Å². The number of carbonyl (C=O) groups is 2. The van der Waals surface area contributed by atoms with Crippen LogP contribution < -0.4 is 8.85 Å². The first-order valence-electron chi connectivity index (χ1n) is 15.9. The monoisotopic (exact) mass is 638 g/mol. The molecule has 0 aliphatic rings. The Hall–Kier alpha value is -3.79. The molecule has 0 heterocycles. The maximum Gasteiger partial charge on any atom is 0.396 e. The highest BCUT2D eigenvalue weighted by molar-refractivity contribution is 6.84. The summed E-state index contributed by atoms with van der Waals surface area (Å²) in [6.45, 7) is 17.4. The number of hydrogen-bond donors (Lipinski definition) is 0. The van der Waals surface area contributed by atoms with Crippen LogP contribution in [0, 0.1) is 0 Å². The molecule has 0 aliphatic carbocycles. The van der Waals surface area contributed by atoms with Crippen LogP contribution >= 0.6 is 0 Å². The van der Waals surface area contributed by atoms with Crippen molar-refractivity contribution in [1.82, 2.24) is 0 Å². The second kappa shape index (κ2) is 14.5. The summed E-state index contributed by atoms with van der Waals surface area (Å²) in [7, 11) is -5.98. The van der Waals surface area contributed by atoms with Crippen molar-refractivity contribution in [2.75, 3.05) is 0 Å². The average Bonchev–Trinajstić information content (AvgIpc) is 3.04. The molecule has 0 aliphatic heterocycles. The number of ketones is 2. The molecule has 236 valence electrons. The van der Waals surface area contributed by atoms with E-state index in [2.05, 4.69) is 55.4 Å². The summed E-state index contributed by atoms with van der Waals surface area (Å²) in [6.07, 6.45) is 0. The van der Waals surface area contributed by atoms with E-state index in [-0.39, 0.29) is 33.7 Å². The van der Waals surface area contributed by atoms with E-state index in [0.717, 1.165) is 0 Å². The Labute approximate surface area is 271 Å². The van der Waals surface area contributed by atoms with E-state index in [1.54, 1.807) is 0 Å². The van der Waals surface area contributed by atoms with Crippen LogP contribution in [0.2, 0.25) is 22.2 Å². The maximum atomic E-state index is 13.0. The topological polar surface area (TPSA) is 61.8 Å². The summed E-state index contributed by atoms with van der Waals surface area (Å²) in [5, 5.41) is 0. The van der Waals surface area contributed by atoms with Crippen LogP contribution in [0.5, 0.6) is 11.5 Å². The molecular formula is C38H46O5Si2. The van der Waals surface area contributed by atoms with Crippen molar-refractivity contribution in [2.24, 2.45) is 0 Å². The lowest BCUT2D eigenvalue weighted by atomic mass is 10.0. The maximum absolute atomic E-state index is 13.0. The highest BCUT2D eigenvalue weighted by Gasteiger charge is 2.58. The summed E-state index contributed by atoms with van der Waals surface area (Å²) in [5.74, 6) is 1.33. The average molecular weight is 639 g/mol. The van der Waals surface area contributed by atoms with E-state index in [1.165, 1.54) is 0 Å². The summed E-state index contributed by atoms with van der Waals surface area (Å²) in [4.78, 5) is 26.0. The molecular weight excluding hydrogens is 593 g/mol. The normalized spacial score (nSPS) is 12.2. The van der Waals surface area contributed by atoms with Crippen LogP contribution in [0.1, 0.15) is 87.2 Å². The van der Waals surface area contributed by atoms with Crippen LogP contribution in [0.25, 0.3) is 0 Å². The SMILES string of the molecule is CC(C)[Si](Oc1ccc(C(=O)c2ccccc2)cc1)(O[Si](Oc1ccc(C(=O)c2ccccc2)cc1)(C(C)C)C(C)C)C(C)C. The van der Waals surface area contributed by atoms with Crippen molar-refractivity contribution < 1.29 is 22.6 Å². The lowest BCUT2D eigenvalue weighted by Crippen LogP contribution is -2.64. The Morgan fingerprint density at radius 3 is 0.956 bits per heavy atom. The summed E-state index contributed by atoms with van der Waals surface area (Å²) in [5.41, 5.74) is 2.99. The molecule has 0 amide bonds. The molecule has 0 radical (unpaired) electrons. The van der Waals surface area contributed by atoms with Gasteiger partial charge in [0.15, 0.2) is 11.6 Å².